The van der Waals surface area contributed by atoms with Gasteiger partial charge in [0.15, 0.2) is 0 Å². The molecule has 2 aromatic rings. The average Bonchev–Trinajstić information content (AvgIpc) is 2.97. The van der Waals surface area contributed by atoms with E-state index >= 15 is 0 Å². The van der Waals surface area contributed by atoms with Gasteiger partial charge in [0.05, 0.1) is 4.90 Å². The Morgan fingerprint density at radius 1 is 1.12 bits per heavy atom. The number of halogens is 1. The zero-order valence-electron chi connectivity index (χ0n) is 14.7. The molecule has 26 heavy (non-hydrogen) atoms. The number of aryl methyl sites for hydroxylation is 2. The molecule has 0 unspecified atom stereocenters. The molecule has 1 atom stereocenters. The molecule has 0 spiro atoms. The van der Waals surface area contributed by atoms with Gasteiger partial charge in [-0.1, -0.05) is 17.7 Å². The Labute approximate surface area is 159 Å². The fourth-order valence-electron chi connectivity index (χ4n) is 2.98. The van der Waals surface area contributed by atoms with Crippen molar-refractivity contribution in [2.75, 3.05) is 18.0 Å². The summed E-state index contributed by atoms with van der Waals surface area (Å²) in [7, 11) is -3.59. The molecule has 5 nitrogen and oxygen atoms in total. The largest absolute Gasteiger partial charge is 0.312 e. The number of anilines is 1. The van der Waals surface area contributed by atoms with Crippen LogP contribution in [-0.2, 0) is 14.8 Å². The maximum Gasteiger partial charge on any atom is 0.240 e. The summed E-state index contributed by atoms with van der Waals surface area (Å²) < 4.78 is 27.6. The third-order valence-electron chi connectivity index (χ3n) is 4.69. The predicted molar refractivity (Wildman–Crippen MR) is 103 cm³/mol. The Balaban J connectivity index is 1.65. The first-order chi connectivity index (χ1) is 12.3. The van der Waals surface area contributed by atoms with Gasteiger partial charge in [0, 0.05) is 30.2 Å². The first-order valence-corrected chi connectivity index (χ1v) is 10.3. The number of nitrogens with zero attached hydrogens (tertiary/aromatic N) is 1. The lowest BCUT2D eigenvalue weighted by molar-refractivity contribution is -0.117. The lowest BCUT2D eigenvalue weighted by atomic mass is 10.1. The molecule has 1 saturated heterocycles. The van der Waals surface area contributed by atoms with Gasteiger partial charge in [-0.25, -0.2) is 13.1 Å². The predicted octanol–water partition coefficient (Wildman–Crippen LogP) is 3.29. The van der Waals surface area contributed by atoms with Gasteiger partial charge >= 0.3 is 0 Å². The number of benzene rings is 2. The fraction of sp³-hybridized carbons (Fsp3) is 0.316. The summed E-state index contributed by atoms with van der Waals surface area (Å²) in [5.74, 6) is -0.0813. The van der Waals surface area contributed by atoms with E-state index in [1.165, 1.54) is 0 Å². The number of sulfonamides is 1. The molecule has 138 valence electrons. The van der Waals surface area contributed by atoms with E-state index in [9.17, 15) is 13.2 Å². The van der Waals surface area contributed by atoms with Gasteiger partial charge in [0.25, 0.3) is 0 Å². The second-order valence-corrected chi connectivity index (χ2v) is 8.85. The summed E-state index contributed by atoms with van der Waals surface area (Å²) in [5, 5.41) is 0.609. The average molecular weight is 393 g/mol. The van der Waals surface area contributed by atoms with Crippen LogP contribution in [0.1, 0.15) is 17.5 Å². The SMILES string of the molecule is Cc1ccc(S(=O)(=O)NC[C@H]2CC(=O)N(c3ccc(Cl)cc3)C2)cc1C. The Morgan fingerprint density at radius 2 is 1.81 bits per heavy atom. The molecule has 1 heterocycles. The monoisotopic (exact) mass is 392 g/mol. The molecule has 0 radical (unpaired) electrons. The number of amides is 1. The van der Waals surface area contributed by atoms with Crippen LogP contribution in [0.2, 0.25) is 5.02 Å². The van der Waals surface area contributed by atoms with Crippen molar-refractivity contribution in [3.8, 4) is 0 Å². The number of rotatable bonds is 5. The normalized spacial score (nSPS) is 17.7. The van der Waals surface area contributed by atoms with Gasteiger partial charge in [-0.2, -0.15) is 0 Å². The molecule has 3 rings (SSSR count). The van der Waals surface area contributed by atoms with Gasteiger partial charge in [-0.3, -0.25) is 4.79 Å². The minimum absolute atomic E-state index is 0.0114. The van der Waals surface area contributed by atoms with Crippen molar-refractivity contribution in [2.24, 2.45) is 5.92 Å². The van der Waals surface area contributed by atoms with Crippen LogP contribution >= 0.6 is 11.6 Å². The molecule has 1 fully saturated rings. The smallest absolute Gasteiger partial charge is 0.240 e. The number of carbonyl (C=O) groups excluding carboxylic acids is 1. The maximum absolute atomic E-state index is 12.5. The maximum atomic E-state index is 12.5. The van der Waals surface area contributed by atoms with Crippen molar-refractivity contribution >= 4 is 33.2 Å². The zero-order valence-corrected chi connectivity index (χ0v) is 16.3. The first-order valence-electron chi connectivity index (χ1n) is 8.39. The van der Waals surface area contributed by atoms with Gasteiger partial charge in [-0.05, 0) is 67.3 Å². The van der Waals surface area contributed by atoms with Crippen LogP contribution in [0.5, 0.6) is 0 Å². The van der Waals surface area contributed by atoms with Gasteiger partial charge in [-0.15, -0.1) is 0 Å². The lowest BCUT2D eigenvalue weighted by Crippen LogP contribution is -2.31. The van der Waals surface area contributed by atoms with Crippen LogP contribution in [0.3, 0.4) is 0 Å². The van der Waals surface area contributed by atoms with E-state index in [0.717, 1.165) is 16.8 Å². The molecular weight excluding hydrogens is 372 g/mol. The Bertz CT molecular complexity index is 926. The van der Waals surface area contributed by atoms with Crippen LogP contribution in [-0.4, -0.2) is 27.4 Å². The summed E-state index contributed by atoms with van der Waals surface area (Å²) >= 11 is 5.88. The lowest BCUT2D eigenvalue weighted by Gasteiger charge is -2.17. The van der Waals surface area contributed by atoms with E-state index in [0.29, 0.717) is 18.0 Å². The molecule has 0 aromatic heterocycles. The van der Waals surface area contributed by atoms with Crippen molar-refractivity contribution in [3.05, 3.63) is 58.6 Å². The zero-order chi connectivity index (χ0) is 18.9. The molecule has 7 heteroatoms. The first kappa shape index (κ1) is 18.9. The molecule has 0 aliphatic carbocycles. The molecule has 1 amide bonds. The van der Waals surface area contributed by atoms with E-state index in [1.807, 2.05) is 13.8 Å². The molecule has 2 aromatic carbocycles. The van der Waals surface area contributed by atoms with Crippen molar-refractivity contribution in [1.82, 2.24) is 4.72 Å². The van der Waals surface area contributed by atoms with Gasteiger partial charge in [0.1, 0.15) is 0 Å². The van der Waals surface area contributed by atoms with Crippen molar-refractivity contribution in [1.29, 1.82) is 0 Å². The third-order valence-corrected chi connectivity index (χ3v) is 6.37. The van der Waals surface area contributed by atoms with Gasteiger partial charge < -0.3 is 4.90 Å². The number of carbonyl (C=O) groups is 1. The van der Waals surface area contributed by atoms with Crippen LogP contribution in [0.15, 0.2) is 47.4 Å². The van der Waals surface area contributed by atoms with Gasteiger partial charge in [0.2, 0.25) is 15.9 Å². The van der Waals surface area contributed by atoms with Crippen LogP contribution in [0.4, 0.5) is 5.69 Å². The minimum Gasteiger partial charge on any atom is -0.312 e. The second kappa shape index (κ2) is 7.39. The Morgan fingerprint density at radius 3 is 2.46 bits per heavy atom. The molecule has 1 aliphatic heterocycles. The summed E-state index contributed by atoms with van der Waals surface area (Å²) in [6, 6.07) is 12.1. The Kier molecular flexibility index (Phi) is 5.37. The van der Waals surface area contributed by atoms with Crippen molar-refractivity contribution < 1.29 is 13.2 Å². The topological polar surface area (TPSA) is 66.5 Å². The highest BCUT2D eigenvalue weighted by Gasteiger charge is 2.31. The number of nitrogens with one attached hydrogen (secondary N) is 1. The summed E-state index contributed by atoms with van der Waals surface area (Å²) in [6.07, 6.45) is 0.318. The second-order valence-electron chi connectivity index (χ2n) is 6.65. The molecule has 0 saturated carbocycles. The molecule has 1 aliphatic rings. The Hall–Kier alpha value is -1.89. The summed E-state index contributed by atoms with van der Waals surface area (Å²) in [5.41, 5.74) is 2.75. The van der Waals surface area contributed by atoms with E-state index < -0.39 is 10.0 Å². The van der Waals surface area contributed by atoms with Crippen LogP contribution in [0.25, 0.3) is 0 Å². The van der Waals surface area contributed by atoms with Crippen LogP contribution < -0.4 is 9.62 Å². The number of hydrogen-bond donors (Lipinski definition) is 1. The van der Waals surface area contributed by atoms with E-state index in [1.54, 1.807) is 47.4 Å². The van der Waals surface area contributed by atoms with E-state index in [-0.39, 0.29) is 23.3 Å². The molecule has 0 bridgehead atoms. The molecule has 1 N–H and O–H groups in total. The highest BCUT2D eigenvalue weighted by atomic mass is 35.5. The highest BCUT2D eigenvalue weighted by molar-refractivity contribution is 7.89. The van der Waals surface area contributed by atoms with Crippen molar-refractivity contribution in [2.45, 2.75) is 25.2 Å². The highest BCUT2D eigenvalue weighted by Crippen LogP contribution is 2.26. The van der Waals surface area contributed by atoms with E-state index in [2.05, 4.69) is 4.72 Å². The minimum atomic E-state index is -3.59. The van der Waals surface area contributed by atoms with Crippen molar-refractivity contribution in [3.63, 3.8) is 0 Å². The van der Waals surface area contributed by atoms with Crippen LogP contribution in [0, 0.1) is 19.8 Å². The number of hydrogen-bond acceptors (Lipinski definition) is 3. The molecular formula is C19H21ClN2O3S. The standard InChI is InChI=1S/C19H21ClN2O3S/c1-13-3-8-18(9-14(13)2)26(24,25)21-11-15-10-19(23)22(12-15)17-6-4-16(20)5-7-17/h3-9,15,21H,10-12H2,1-2H3/t15-/m1/s1. The van der Waals surface area contributed by atoms with E-state index in [4.69, 9.17) is 11.6 Å². The summed E-state index contributed by atoms with van der Waals surface area (Å²) in [4.78, 5) is 14.2. The summed E-state index contributed by atoms with van der Waals surface area (Å²) in [6.45, 7) is 4.53. The quantitative estimate of drug-likeness (QED) is 0.849. The third kappa shape index (κ3) is 4.09. The fourth-order valence-corrected chi connectivity index (χ4v) is 4.31.